The largest absolute Gasteiger partial charge is 0.508 e. The van der Waals surface area contributed by atoms with Crippen LogP contribution in [0.15, 0.2) is 53.8 Å². The summed E-state index contributed by atoms with van der Waals surface area (Å²) in [6.45, 7) is 12.9. The molecule has 0 saturated carbocycles. The summed E-state index contributed by atoms with van der Waals surface area (Å²) >= 11 is 0. The number of fused-ring (bicyclic) bond motifs is 1. The van der Waals surface area contributed by atoms with Crippen molar-refractivity contribution in [2.45, 2.75) is 52.4 Å². The number of rotatable bonds is 3. The van der Waals surface area contributed by atoms with E-state index in [0.717, 1.165) is 33.3 Å². The number of phenolic OH excluding ortho intramolecular Hbond substituents is 1. The summed E-state index contributed by atoms with van der Waals surface area (Å²) in [5.74, 6) is 0.290. The van der Waals surface area contributed by atoms with Gasteiger partial charge in [0.05, 0.1) is 17.4 Å². The van der Waals surface area contributed by atoms with Crippen molar-refractivity contribution in [3.05, 3.63) is 65.4 Å². The molecule has 0 spiro atoms. The molecule has 0 aliphatic carbocycles. The molecule has 4 heteroatoms. The Bertz CT molecular complexity index is 984. The fourth-order valence-corrected chi connectivity index (χ4v) is 3.38. The zero-order valence-electron chi connectivity index (χ0n) is 17.5. The molecule has 28 heavy (non-hydrogen) atoms. The van der Waals surface area contributed by atoms with Gasteiger partial charge in [0.25, 0.3) is 0 Å². The molecule has 1 heterocycles. The highest BCUT2D eigenvalue weighted by atomic mass is 16.3. The van der Waals surface area contributed by atoms with E-state index in [0.29, 0.717) is 5.75 Å². The van der Waals surface area contributed by atoms with Crippen LogP contribution < -0.4 is 5.43 Å². The van der Waals surface area contributed by atoms with Gasteiger partial charge in [-0.25, -0.2) is 0 Å². The van der Waals surface area contributed by atoms with Gasteiger partial charge in [-0.2, -0.15) is 5.10 Å². The van der Waals surface area contributed by atoms with Gasteiger partial charge in [-0.3, -0.25) is 10.4 Å². The molecule has 2 aromatic carbocycles. The van der Waals surface area contributed by atoms with E-state index < -0.39 is 0 Å². The number of benzene rings is 2. The molecule has 3 aromatic rings. The lowest BCUT2D eigenvalue weighted by atomic mass is 9.76. The van der Waals surface area contributed by atoms with E-state index >= 15 is 0 Å². The number of nitrogens with one attached hydrogen (secondary N) is 1. The SMILES string of the molecule is CC(C)(C)c1cc(O)cc(C(C)(C)C)c1C=NNc1cccc2cccnc12. The molecule has 0 bridgehead atoms. The van der Waals surface area contributed by atoms with Gasteiger partial charge in [0.15, 0.2) is 0 Å². The van der Waals surface area contributed by atoms with Crippen molar-refractivity contribution in [1.29, 1.82) is 0 Å². The minimum absolute atomic E-state index is 0.124. The molecule has 0 radical (unpaired) electrons. The van der Waals surface area contributed by atoms with Gasteiger partial charge in [-0.1, -0.05) is 59.7 Å². The third-order valence-corrected chi connectivity index (χ3v) is 4.79. The first kappa shape index (κ1) is 19.9. The van der Waals surface area contributed by atoms with E-state index in [4.69, 9.17) is 0 Å². The molecular weight excluding hydrogens is 346 g/mol. The van der Waals surface area contributed by atoms with Crippen LogP contribution in [-0.2, 0) is 10.8 Å². The van der Waals surface area contributed by atoms with Crippen molar-refractivity contribution in [2.24, 2.45) is 5.10 Å². The van der Waals surface area contributed by atoms with Crippen LogP contribution in [-0.4, -0.2) is 16.3 Å². The second-order valence-electron chi connectivity index (χ2n) is 9.21. The van der Waals surface area contributed by atoms with Crippen LogP contribution in [0.25, 0.3) is 10.9 Å². The highest BCUT2D eigenvalue weighted by Crippen LogP contribution is 2.36. The maximum atomic E-state index is 10.3. The number of hydrogen-bond acceptors (Lipinski definition) is 4. The molecular formula is C24H29N3O. The Morgan fingerprint density at radius 2 is 1.54 bits per heavy atom. The number of phenols is 1. The monoisotopic (exact) mass is 375 g/mol. The van der Waals surface area contributed by atoms with E-state index in [2.05, 4.69) is 57.1 Å². The molecule has 2 N–H and O–H groups in total. The molecule has 0 saturated heterocycles. The number of hydrazone groups is 1. The predicted octanol–water partition coefficient (Wildman–Crippen LogP) is 5.98. The highest BCUT2D eigenvalue weighted by molar-refractivity contribution is 5.91. The summed E-state index contributed by atoms with van der Waals surface area (Å²) in [6, 6.07) is 13.6. The zero-order valence-corrected chi connectivity index (χ0v) is 17.5. The van der Waals surface area contributed by atoms with E-state index in [-0.39, 0.29) is 10.8 Å². The van der Waals surface area contributed by atoms with Gasteiger partial charge >= 0.3 is 0 Å². The normalized spacial score (nSPS) is 12.6. The van der Waals surface area contributed by atoms with Crippen LogP contribution in [0, 0.1) is 0 Å². The average molecular weight is 376 g/mol. The van der Waals surface area contributed by atoms with Gasteiger partial charge in [-0.05, 0) is 46.2 Å². The molecule has 0 unspecified atom stereocenters. The number of aromatic nitrogens is 1. The molecule has 1 aromatic heterocycles. The Hall–Kier alpha value is -2.88. The Balaban J connectivity index is 2.05. The number of hydrogen-bond donors (Lipinski definition) is 2. The maximum absolute atomic E-state index is 10.3. The van der Waals surface area contributed by atoms with E-state index in [1.165, 1.54) is 0 Å². The number of anilines is 1. The van der Waals surface area contributed by atoms with Crippen LogP contribution in [0.3, 0.4) is 0 Å². The summed E-state index contributed by atoms with van der Waals surface area (Å²) in [7, 11) is 0. The zero-order chi connectivity index (χ0) is 20.5. The Labute approximate surface area is 167 Å². The predicted molar refractivity (Wildman–Crippen MR) is 118 cm³/mol. The van der Waals surface area contributed by atoms with Crippen LogP contribution >= 0.6 is 0 Å². The number of pyridine rings is 1. The van der Waals surface area contributed by atoms with Crippen molar-refractivity contribution in [3.63, 3.8) is 0 Å². The lowest BCUT2D eigenvalue weighted by molar-refractivity contribution is 0.465. The fourth-order valence-electron chi connectivity index (χ4n) is 3.38. The molecule has 0 amide bonds. The van der Waals surface area contributed by atoms with Gasteiger partial charge in [0.1, 0.15) is 5.75 Å². The molecule has 3 rings (SSSR count). The third kappa shape index (κ3) is 4.16. The standard InChI is InChI=1S/C24H29N3O/c1-23(2,3)19-13-17(28)14-20(24(4,5)6)18(19)15-26-27-21-11-7-9-16-10-8-12-25-22(16)21/h7-15,27-28H,1-6H3. The molecule has 146 valence electrons. The lowest BCUT2D eigenvalue weighted by Crippen LogP contribution is -2.21. The molecule has 0 atom stereocenters. The van der Waals surface area contributed by atoms with Crippen LogP contribution in [0.2, 0.25) is 0 Å². The van der Waals surface area contributed by atoms with Crippen molar-refractivity contribution in [3.8, 4) is 5.75 Å². The number of aromatic hydroxyl groups is 1. The lowest BCUT2D eigenvalue weighted by Gasteiger charge is -2.28. The van der Waals surface area contributed by atoms with Crippen LogP contribution in [0.4, 0.5) is 5.69 Å². The number of para-hydroxylation sites is 1. The van der Waals surface area contributed by atoms with Crippen molar-refractivity contribution >= 4 is 22.8 Å². The third-order valence-electron chi connectivity index (χ3n) is 4.79. The quantitative estimate of drug-likeness (QED) is 0.437. The van der Waals surface area contributed by atoms with Crippen molar-refractivity contribution in [2.75, 3.05) is 5.43 Å². The minimum Gasteiger partial charge on any atom is -0.508 e. The van der Waals surface area contributed by atoms with Crippen molar-refractivity contribution in [1.82, 2.24) is 4.98 Å². The van der Waals surface area contributed by atoms with Gasteiger partial charge in [-0.15, -0.1) is 0 Å². The van der Waals surface area contributed by atoms with Gasteiger partial charge in [0.2, 0.25) is 0 Å². The second-order valence-corrected chi connectivity index (χ2v) is 9.21. The minimum atomic E-state index is -0.124. The molecule has 0 aliphatic rings. The van der Waals surface area contributed by atoms with Crippen LogP contribution in [0.1, 0.15) is 58.2 Å². The summed E-state index contributed by atoms with van der Waals surface area (Å²) < 4.78 is 0. The summed E-state index contributed by atoms with van der Waals surface area (Å²) in [6.07, 6.45) is 3.65. The Morgan fingerprint density at radius 1 is 0.929 bits per heavy atom. The average Bonchev–Trinajstić information content (AvgIpc) is 2.61. The Kier molecular flexibility index (Phi) is 5.16. The molecule has 4 nitrogen and oxygen atoms in total. The molecule has 0 fully saturated rings. The van der Waals surface area contributed by atoms with Crippen molar-refractivity contribution < 1.29 is 5.11 Å². The summed E-state index contributed by atoms with van der Waals surface area (Å²) in [4.78, 5) is 4.46. The topological polar surface area (TPSA) is 57.5 Å². The first-order valence-electron chi connectivity index (χ1n) is 9.58. The van der Waals surface area contributed by atoms with E-state index in [1.54, 1.807) is 6.20 Å². The summed E-state index contributed by atoms with van der Waals surface area (Å²) in [5, 5.41) is 15.9. The van der Waals surface area contributed by atoms with Gasteiger partial charge in [0, 0.05) is 17.1 Å². The maximum Gasteiger partial charge on any atom is 0.116 e. The van der Waals surface area contributed by atoms with E-state index in [1.807, 2.05) is 48.7 Å². The summed E-state index contributed by atoms with van der Waals surface area (Å²) in [5.41, 5.74) is 7.83. The van der Waals surface area contributed by atoms with Crippen LogP contribution in [0.5, 0.6) is 5.75 Å². The second kappa shape index (κ2) is 7.27. The fraction of sp³-hybridized carbons (Fsp3) is 0.333. The number of nitrogens with zero attached hydrogens (tertiary/aromatic N) is 2. The highest BCUT2D eigenvalue weighted by Gasteiger charge is 2.25. The Morgan fingerprint density at radius 3 is 2.14 bits per heavy atom. The van der Waals surface area contributed by atoms with E-state index in [9.17, 15) is 5.11 Å². The van der Waals surface area contributed by atoms with Gasteiger partial charge < -0.3 is 5.11 Å². The first-order chi connectivity index (χ1) is 13.1. The first-order valence-corrected chi connectivity index (χ1v) is 9.58. The molecule has 0 aliphatic heterocycles. The smallest absolute Gasteiger partial charge is 0.116 e.